The summed E-state index contributed by atoms with van der Waals surface area (Å²) in [5.74, 6) is 0.287. The van der Waals surface area contributed by atoms with Gasteiger partial charge in [-0.25, -0.2) is 13.2 Å². The maximum Gasteiger partial charge on any atom is 0.349 e. The minimum Gasteiger partial charge on any atom is -0.493 e. The highest BCUT2D eigenvalue weighted by Crippen LogP contribution is 2.43. The molecule has 8 nitrogen and oxygen atoms in total. The summed E-state index contributed by atoms with van der Waals surface area (Å²) in [7, 11) is 1.48. The number of hydrogen-bond acceptors (Lipinski definition) is 7. The maximum absolute atomic E-state index is 13.5. The summed E-state index contributed by atoms with van der Waals surface area (Å²) in [6.07, 6.45) is 1.34. The van der Waals surface area contributed by atoms with Crippen LogP contribution >= 0.6 is 0 Å². The van der Waals surface area contributed by atoms with Crippen LogP contribution in [0.4, 0.5) is 0 Å². The molecule has 0 atom stereocenters. The van der Waals surface area contributed by atoms with Gasteiger partial charge in [0.1, 0.15) is 0 Å². The van der Waals surface area contributed by atoms with E-state index in [0.29, 0.717) is 39.5 Å². The summed E-state index contributed by atoms with van der Waals surface area (Å²) >= 11 is 0. The van der Waals surface area contributed by atoms with Crippen molar-refractivity contribution in [2.75, 3.05) is 28.4 Å². The first kappa shape index (κ1) is 24.9. The fraction of sp³-hybridized carbons (Fsp3) is 0.148. The first-order chi connectivity index (χ1) is 17.3. The molecule has 4 rings (SSSR count). The second-order valence-corrected chi connectivity index (χ2v) is 9.61. The van der Waals surface area contributed by atoms with Crippen molar-refractivity contribution in [2.24, 2.45) is 0 Å². The van der Waals surface area contributed by atoms with E-state index < -0.39 is 20.7 Å². The highest BCUT2D eigenvalue weighted by molar-refractivity contribution is 7.96. The van der Waals surface area contributed by atoms with E-state index in [1.54, 1.807) is 30.3 Å². The van der Waals surface area contributed by atoms with Crippen molar-refractivity contribution in [1.82, 2.24) is 4.98 Å². The van der Waals surface area contributed by atoms with E-state index in [-0.39, 0.29) is 4.90 Å². The lowest BCUT2D eigenvalue weighted by atomic mass is 10.0. The highest BCUT2D eigenvalue weighted by Gasteiger charge is 2.29. The van der Waals surface area contributed by atoms with Gasteiger partial charge in [0, 0.05) is 22.0 Å². The number of methoxy groups -OCH3 is 4. The Bertz CT molecular complexity index is 1530. The van der Waals surface area contributed by atoms with Crippen LogP contribution in [0.25, 0.3) is 28.2 Å². The summed E-state index contributed by atoms with van der Waals surface area (Å²) in [5.41, 5.74) is 2.42. The molecule has 1 aromatic heterocycles. The molecule has 1 heterocycles. The van der Waals surface area contributed by atoms with Crippen molar-refractivity contribution in [2.45, 2.75) is 4.90 Å². The third-order valence-corrected chi connectivity index (χ3v) is 7.46. The lowest BCUT2D eigenvalue weighted by molar-refractivity contribution is -0.135. The third-order valence-electron chi connectivity index (χ3n) is 5.70. The molecule has 186 valence electrons. The van der Waals surface area contributed by atoms with Gasteiger partial charge in [-0.15, -0.1) is 0 Å². The summed E-state index contributed by atoms with van der Waals surface area (Å²) in [6, 6.07) is 18.6. The molecule has 0 aliphatic rings. The Morgan fingerprint density at radius 2 is 1.44 bits per heavy atom. The van der Waals surface area contributed by atoms with Gasteiger partial charge in [0.25, 0.3) is 0 Å². The highest BCUT2D eigenvalue weighted by atomic mass is 32.2. The van der Waals surface area contributed by atoms with Crippen LogP contribution in [0, 0.1) is 0 Å². The third kappa shape index (κ3) is 4.40. The number of benzene rings is 3. The monoisotopic (exact) mass is 507 g/mol. The summed E-state index contributed by atoms with van der Waals surface area (Å²) in [5, 5.41) is 0.714. The van der Waals surface area contributed by atoms with Gasteiger partial charge >= 0.3 is 5.97 Å². The first-order valence-electron chi connectivity index (χ1n) is 10.9. The van der Waals surface area contributed by atoms with Crippen molar-refractivity contribution in [1.29, 1.82) is 0 Å². The molecule has 9 heteroatoms. The number of rotatable bonds is 8. The van der Waals surface area contributed by atoms with Crippen molar-refractivity contribution in [3.63, 3.8) is 0 Å². The van der Waals surface area contributed by atoms with E-state index in [9.17, 15) is 13.2 Å². The van der Waals surface area contributed by atoms with Gasteiger partial charge in [0.05, 0.1) is 39.0 Å². The molecular formula is C27H25NO7S. The van der Waals surface area contributed by atoms with Crippen LogP contribution in [0.3, 0.4) is 0 Å². The van der Waals surface area contributed by atoms with Gasteiger partial charge < -0.3 is 23.9 Å². The minimum atomic E-state index is -4.19. The molecule has 0 saturated heterocycles. The number of nitrogens with one attached hydrogen (secondary N) is 1. The van der Waals surface area contributed by atoms with Gasteiger partial charge in [-0.1, -0.05) is 36.4 Å². The van der Waals surface area contributed by atoms with Gasteiger partial charge in [0.15, 0.2) is 16.4 Å². The zero-order valence-corrected chi connectivity index (χ0v) is 21.0. The molecule has 0 aliphatic heterocycles. The van der Waals surface area contributed by atoms with Crippen LogP contribution in [0.2, 0.25) is 0 Å². The van der Waals surface area contributed by atoms with Gasteiger partial charge in [0.2, 0.25) is 15.6 Å². The van der Waals surface area contributed by atoms with Crippen LogP contribution in [-0.4, -0.2) is 47.8 Å². The van der Waals surface area contributed by atoms with Crippen LogP contribution < -0.4 is 14.2 Å². The minimum absolute atomic E-state index is 0.0178. The summed E-state index contributed by atoms with van der Waals surface area (Å²) in [6.45, 7) is 0. The number of aromatic amines is 1. The SMILES string of the molecule is COC(=O)/C(=C\c1c(-c2cc(OC)c(OC)c(OC)c2)[nH]c2ccccc12)S(=O)(=O)c1ccccc1. The van der Waals surface area contributed by atoms with Gasteiger partial charge in [-0.05, 0) is 36.4 Å². The second-order valence-electron chi connectivity index (χ2n) is 7.69. The average molecular weight is 508 g/mol. The molecule has 4 aromatic rings. The maximum atomic E-state index is 13.5. The van der Waals surface area contributed by atoms with Crippen LogP contribution in [0.5, 0.6) is 17.2 Å². The fourth-order valence-corrected chi connectivity index (χ4v) is 5.32. The van der Waals surface area contributed by atoms with Crippen molar-refractivity contribution < 1.29 is 32.2 Å². The Balaban J connectivity index is 2.04. The number of ether oxygens (including phenoxy) is 4. The van der Waals surface area contributed by atoms with E-state index in [2.05, 4.69) is 4.98 Å². The number of carbonyl (C=O) groups excluding carboxylic acids is 1. The number of esters is 1. The zero-order chi connectivity index (χ0) is 25.9. The molecule has 0 fully saturated rings. The Hall–Kier alpha value is -4.24. The summed E-state index contributed by atoms with van der Waals surface area (Å²) < 4.78 is 48.3. The molecule has 0 saturated carbocycles. The zero-order valence-electron chi connectivity index (χ0n) is 20.2. The van der Waals surface area contributed by atoms with E-state index in [4.69, 9.17) is 18.9 Å². The number of para-hydroxylation sites is 1. The summed E-state index contributed by atoms with van der Waals surface area (Å²) in [4.78, 5) is 15.6. The standard InChI is InChI=1S/C27H25NO7S/c1-32-22-14-17(15-23(33-2)26(22)34-3)25-20(19-12-8-9-13-21(19)28-25)16-24(27(29)35-4)36(30,31)18-10-6-5-7-11-18/h5-16,28H,1-4H3/b24-16+. The lowest BCUT2D eigenvalue weighted by Gasteiger charge is -2.14. The Labute approximate surface area is 209 Å². The number of aromatic nitrogens is 1. The molecule has 36 heavy (non-hydrogen) atoms. The Morgan fingerprint density at radius 3 is 2.03 bits per heavy atom. The van der Waals surface area contributed by atoms with E-state index in [0.717, 1.165) is 12.6 Å². The predicted molar refractivity (Wildman–Crippen MR) is 137 cm³/mol. The second kappa shape index (κ2) is 10.2. The number of H-pyrrole nitrogens is 1. The molecule has 0 radical (unpaired) electrons. The number of carbonyl (C=O) groups is 1. The number of sulfone groups is 1. The first-order valence-corrected chi connectivity index (χ1v) is 12.3. The van der Waals surface area contributed by atoms with Crippen LogP contribution in [-0.2, 0) is 19.4 Å². The molecule has 0 aliphatic carbocycles. The van der Waals surface area contributed by atoms with Crippen molar-refractivity contribution >= 4 is 32.8 Å². The largest absolute Gasteiger partial charge is 0.493 e. The lowest BCUT2D eigenvalue weighted by Crippen LogP contribution is -2.15. The van der Waals surface area contributed by atoms with Crippen molar-refractivity contribution in [3.8, 4) is 28.5 Å². The average Bonchev–Trinajstić information content (AvgIpc) is 3.29. The molecule has 0 spiro atoms. The topological polar surface area (TPSA) is 104 Å². The fourth-order valence-electron chi connectivity index (χ4n) is 3.97. The Morgan fingerprint density at radius 1 is 0.833 bits per heavy atom. The number of hydrogen-bond donors (Lipinski definition) is 1. The molecule has 0 amide bonds. The van der Waals surface area contributed by atoms with Gasteiger partial charge in [-0.2, -0.15) is 0 Å². The van der Waals surface area contributed by atoms with Crippen LogP contribution in [0.15, 0.2) is 76.5 Å². The molecule has 1 N–H and O–H groups in total. The van der Waals surface area contributed by atoms with Gasteiger partial charge in [-0.3, -0.25) is 0 Å². The van der Waals surface area contributed by atoms with Crippen molar-refractivity contribution in [3.05, 3.63) is 77.2 Å². The normalized spacial score (nSPS) is 11.8. The number of fused-ring (bicyclic) bond motifs is 1. The molecular weight excluding hydrogens is 482 g/mol. The van der Waals surface area contributed by atoms with E-state index in [1.165, 1.54) is 39.5 Å². The van der Waals surface area contributed by atoms with Crippen LogP contribution in [0.1, 0.15) is 5.56 Å². The van der Waals surface area contributed by atoms with E-state index in [1.807, 2.05) is 24.3 Å². The van der Waals surface area contributed by atoms with E-state index >= 15 is 0 Å². The predicted octanol–water partition coefficient (Wildman–Crippen LogP) is 4.85. The molecule has 0 unspecified atom stereocenters. The smallest absolute Gasteiger partial charge is 0.349 e. The quantitative estimate of drug-likeness (QED) is 0.269. The molecule has 3 aromatic carbocycles. The Kier molecular flexibility index (Phi) is 7.03. The molecule has 0 bridgehead atoms.